The van der Waals surface area contributed by atoms with Crippen LogP contribution in [0.4, 0.5) is 0 Å². The van der Waals surface area contributed by atoms with E-state index >= 15 is 0 Å². The number of hydrogen-bond donors (Lipinski definition) is 0. The molecule has 0 spiro atoms. The molecule has 0 aromatic rings. The van der Waals surface area contributed by atoms with Crippen molar-refractivity contribution in [2.45, 2.75) is 6.92 Å². The van der Waals surface area contributed by atoms with E-state index in [9.17, 15) is 9.59 Å². The van der Waals surface area contributed by atoms with Crippen LogP contribution in [-0.4, -0.2) is 16.7 Å². The minimum atomic E-state index is -0.312. The Kier molecular flexibility index (Phi) is 2.24. The Morgan fingerprint density at radius 1 is 1.42 bits per heavy atom. The number of amides is 2. The topological polar surface area (TPSA) is 37.4 Å². The van der Waals surface area contributed by atoms with Gasteiger partial charge in [-0.1, -0.05) is 12.7 Å². The van der Waals surface area contributed by atoms with Crippen LogP contribution in [0.15, 0.2) is 36.6 Å². The molecule has 12 heavy (non-hydrogen) atoms. The third-order valence-corrected chi connectivity index (χ3v) is 1.57. The van der Waals surface area contributed by atoms with Crippen molar-refractivity contribution in [1.82, 2.24) is 4.90 Å². The van der Waals surface area contributed by atoms with Crippen LogP contribution in [-0.2, 0) is 9.59 Å². The third-order valence-electron chi connectivity index (χ3n) is 1.57. The third kappa shape index (κ3) is 1.21. The van der Waals surface area contributed by atoms with Gasteiger partial charge < -0.3 is 0 Å². The second-order valence-corrected chi connectivity index (χ2v) is 2.26. The lowest BCUT2D eigenvalue weighted by atomic mass is 10.3. The van der Waals surface area contributed by atoms with E-state index in [1.54, 1.807) is 13.0 Å². The molecule has 62 valence electrons. The van der Waals surface area contributed by atoms with Crippen molar-refractivity contribution in [3.05, 3.63) is 36.6 Å². The quantitative estimate of drug-likeness (QED) is 0.450. The highest BCUT2D eigenvalue weighted by Gasteiger charge is 2.24. The monoisotopic (exact) mass is 163 g/mol. The minimum Gasteiger partial charge on any atom is -0.269 e. The van der Waals surface area contributed by atoms with Crippen molar-refractivity contribution in [2.75, 3.05) is 0 Å². The van der Waals surface area contributed by atoms with Crippen LogP contribution in [0.2, 0.25) is 0 Å². The second-order valence-electron chi connectivity index (χ2n) is 2.26. The zero-order chi connectivity index (χ0) is 9.14. The Hall–Kier alpha value is -1.64. The van der Waals surface area contributed by atoms with Crippen LogP contribution in [0.5, 0.6) is 0 Å². The summed E-state index contributed by atoms with van der Waals surface area (Å²) < 4.78 is 0. The molecule has 0 saturated carbocycles. The predicted octanol–water partition coefficient (Wildman–Crippen LogP) is 1.00. The SMILES string of the molecule is C=C/C(=C\C)N1C(=O)C=CC1=O. The van der Waals surface area contributed by atoms with Crippen LogP contribution < -0.4 is 0 Å². The molecule has 2 amide bonds. The fourth-order valence-electron chi connectivity index (χ4n) is 0.993. The molecular weight excluding hydrogens is 154 g/mol. The summed E-state index contributed by atoms with van der Waals surface area (Å²) in [7, 11) is 0. The molecule has 0 fully saturated rings. The van der Waals surface area contributed by atoms with E-state index in [-0.39, 0.29) is 11.8 Å². The van der Waals surface area contributed by atoms with Crippen LogP contribution >= 0.6 is 0 Å². The molecule has 0 unspecified atom stereocenters. The summed E-state index contributed by atoms with van der Waals surface area (Å²) in [5.41, 5.74) is 0.523. The van der Waals surface area contributed by atoms with E-state index in [1.165, 1.54) is 18.2 Å². The van der Waals surface area contributed by atoms with Gasteiger partial charge in [0.2, 0.25) is 0 Å². The molecule has 1 aliphatic heterocycles. The molecule has 1 rings (SSSR count). The van der Waals surface area contributed by atoms with Gasteiger partial charge in [-0.3, -0.25) is 9.59 Å². The van der Waals surface area contributed by atoms with E-state index in [4.69, 9.17) is 0 Å². The van der Waals surface area contributed by atoms with Gasteiger partial charge in [0.1, 0.15) is 0 Å². The number of imide groups is 1. The second kappa shape index (κ2) is 3.17. The van der Waals surface area contributed by atoms with Crippen molar-refractivity contribution in [3.8, 4) is 0 Å². The average Bonchev–Trinajstić information content (AvgIpc) is 2.38. The van der Waals surface area contributed by atoms with E-state index in [2.05, 4.69) is 6.58 Å². The summed E-state index contributed by atoms with van der Waals surface area (Å²) in [6.45, 7) is 5.25. The van der Waals surface area contributed by atoms with Crippen LogP contribution in [0.25, 0.3) is 0 Å². The standard InChI is InChI=1S/C9H9NO2/c1-3-7(4-2)10-8(11)5-6-9(10)12/h3-6H,1H2,2H3/b7-4+. The van der Waals surface area contributed by atoms with Crippen LogP contribution in [0.1, 0.15) is 6.92 Å². The molecule has 0 aromatic heterocycles. The molecule has 1 heterocycles. The fraction of sp³-hybridized carbons (Fsp3) is 0.111. The first-order valence-corrected chi connectivity index (χ1v) is 3.55. The Balaban J connectivity index is 2.97. The molecule has 3 nitrogen and oxygen atoms in total. The fourth-order valence-corrected chi connectivity index (χ4v) is 0.993. The van der Waals surface area contributed by atoms with E-state index in [1.807, 2.05) is 0 Å². The lowest BCUT2D eigenvalue weighted by Crippen LogP contribution is -2.28. The van der Waals surface area contributed by atoms with Gasteiger partial charge in [-0.05, 0) is 13.0 Å². The van der Waals surface area contributed by atoms with Gasteiger partial charge in [-0.2, -0.15) is 0 Å². The first-order chi connectivity index (χ1) is 5.70. The Labute approximate surface area is 70.7 Å². The maximum absolute atomic E-state index is 11.1. The van der Waals surface area contributed by atoms with Gasteiger partial charge in [-0.15, -0.1) is 0 Å². The van der Waals surface area contributed by atoms with Crippen molar-refractivity contribution < 1.29 is 9.59 Å². The molecule has 0 aliphatic carbocycles. The van der Waals surface area contributed by atoms with Gasteiger partial charge in [0.25, 0.3) is 11.8 Å². The van der Waals surface area contributed by atoms with E-state index in [0.717, 1.165) is 4.90 Å². The van der Waals surface area contributed by atoms with E-state index in [0.29, 0.717) is 5.70 Å². The highest BCUT2D eigenvalue weighted by Crippen LogP contribution is 2.12. The normalized spacial score (nSPS) is 17.4. The maximum atomic E-state index is 11.1. The molecule has 0 aromatic carbocycles. The Bertz CT molecular complexity index is 282. The molecule has 0 bridgehead atoms. The highest BCUT2D eigenvalue weighted by molar-refractivity contribution is 6.14. The average molecular weight is 163 g/mol. The molecule has 3 heteroatoms. The Morgan fingerprint density at radius 2 is 1.92 bits per heavy atom. The zero-order valence-corrected chi connectivity index (χ0v) is 6.78. The number of rotatable bonds is 2. The van der Waals surface area contributed by atoms with Gasteiger partial charge in [0.05, 0.1) is 0 Å². The summed E-state index contributed by atoms with van der Waals surface area (Å²) in [6.07, 6.45) is 5.63. The maximum Gasteiger partial charge on any atom is 0.258 e. The lowest BCUT2D eigenvalue weighted by Gasteiger charge is -2.13. The summed E-state index contributed by atoms with van der Waals surface area (Å²) in [4.78, 5) is 23.2. The highest BCUT2D eigenvalue weighted by atomic mass is 16.2. The molecule has 0 N–H and O–H groups in total. The summed E-state index contributed by atoms with van der Waals surface area (Å²) in [5, 5.41) is 0. The molecule has 0 atom stereocenters. The number of carbonyl (C=O) groups excluding carboxylic acids is 2. The van der Waals surface area contributed by atoms with E-state index < -0.39 is 0 Å². The van der Waals surface area contributed by atoms with Gasteiger partial charge in [0, 0.05) is 17.8 Å². The van der Waals surface area contributed by atoms with Crippen molar-refractivity contribution in [3.63, 3.8) is 0 Å². The number of carbonyl (C=O) groups is 2. The summed E-state index contributed by atoms with van der Waals surface area (Å²) in [6, 6.07) is 0. The molecular formula is C9H9NO2. The predicted molar refractivity (Wildman–Crippen MR) is 44.9 cm³/mol. The minimum absolute atomic E-state index is 0.312. The Morgan fingerprint density at radius 3 is 2.25 bits per heavy atom. The smallest absolute Gasteiger partial charge is 0.258 e. The summed E-state index contributed by atoms with van der Waals surface area (Å²) in [5.74, 6) is -0.624. The van der Waals surface area contributed by atoms with Crippen molar-refractivity contribution in [1.29, 1.82) is 0 Å². The molecule has 0 radical (unpaired) electrons. The zero-order valence-electron chi connectivity index (χ0n) is 6.78. The summed E-state index contributed by atoms with van der Waals surface area (Å²) >= 11 is 0. The number of allylic oxidation sites excluding steroid dienone is 2. The largest absolute Gasteiger partial charge is 0.269 e. The first kappa shape index (κ1) is 8.46. The van der Waals surface area contributed by atoms with Crippen LogP contribution in [0, 0.1) is 0 Å². The number of hydrogen-bond acceptors (Lipinski definition) is 2. The molecule has 0 saturated heterocycles. The van der Waals surface area contributed by atoms with Crippen LogP contribution in [0.3, 0.4) is 0 Å². The van der Waals surface area contributed by atoms with Gasteiger partial charge in [0.15, 0.2) is 0 Å². The van der Waals surface area contributed by atoms with Crippen molar-refractivity contribution in [2.24, 2.45) is 0 Å². The number of nitrogens with zero attached hydrogens (tertiary/aromatic N) is 1. The van der Waals surface area contributed by atoms with Crippen molar-refractivity contribution >= 4 is 11.8 Å². The lowest BCUT2D eigenvalue weighted by molar-refractivity contribution is -0.134. The van der Waals surface area contributed by atoms with Gasteiger partial charge in [-0.25, -0.2) is 4.90 Å². The molecule has 1 aliphatic rings. The van der Waals surface area contributed by atoms with Gasteiger partial charge >= 0.3 is 0 Å². The first-order valence-electron chi connectivity index (χ1n) is 3.55.